The number of carbonyl (C=O) groups excluding carboxylic acids is 7. The first-order valence-corrected chi connectivity index (χ1v) is 23.2. The van der Waals surface area contributed by atoms with Crippen molar-refractivity contribution in [3.63, 3.8) is 0 Å². The van der Waals surface area contributed by atoms with Crippen molar-refractivity contribution in [1.29, 1.82) is 0 Å². The Bertz CT molecular complexity index is 2340. The van der Waals surface area contributed by atoms with Gasteiger partial charge in [-0.15, -0.1) is 0 Å². The summed E-state index contributed by atoms with van der Waals surface area (Å²) in [6.45, 7) is 3.07. The molecular weight excluding hydrogens is 943 g/mol. The van der Waals surface area contributed by atoms with Gasteiger partial charge in [0, 0.05) is 36.5 Å². The molecule has 21 N–H and O–H groups in total. The van der Waals surface area contributed by atoms with Crippen LogP contribution in [0.25, 0.3) is 10.9 Å². The number of nitrogens with two attached hydrogens (primary N) is 4. The predicted octanol–water partition coefficient (Wildman–Crippen LogP) is -4.58. The zero-order valence-electron chi connectivity index (χ0n) is 40.3. The molecule has 3 rings (SSSR count). The molecule has 0 bridgehead atoms. The molecule has 0 radical (unpaired) electrons. The van der Waals surface area contributed by atoms with Crippen molar-refractivity contribution in [3.05, 3.63) is 65.9 Å². The number of hydrogen-bond acceptors (Lipinski definition) is 15. The fourth-order valence-corrected chi connectivity index (χ4v) is 7.15. The van der Waals surface area contributed by atoms with Crippen molar-refractivity contribution in [1.82, 2.24) is 42.2 Å². The van der Waals surface area contributed by atoms with E-state index in [-0.39, 0.29) is 56.9 Å². The number of nitrogens with one attached hydrogen (secondary N) is 8. The highest BCUT2D eigenvalue weighted by Gasteiger charge is 2.35. The van der Waals surface area contributed by atoms with E-state index in [0.717, 1.165) is 0 Å². The minimum Gasteiger partial charge on any atom is -0.508 e. The summed E-state index contributed by atoms with van der Waals surface area (Å²) in [6, 6.07) is 0.841. The number of aliphatic carboxylic acids is 1. The van der Waals surface area contributed by atoms with Crippen LogP contribution < -0.4 is 60.2 Å². The van der Waals surface area contributed by atoms with Crippen molar-refractivity contribution in [2.75, 3.05) is 19.7 Å². The number of carboxylic acids is 1. The monoisotopic (exact) mass is 1010 g/mol. The summed E-state index contributed by atoms with van der Waals surface area (Å²) in [7, 11) is 0. The van der Waals surface area contributed by atoms with Gasteiger partial charge in [-0.1, -0.05) is 30.3 Å². The second kappa shape index (κ2) is 29.1. The number of unbranched alkanes of at least 4 members (excludes halogenated alkanes) is 1. The van der Waals surface area contributed by atoms with Crippen molar-refractivity contribution in [2.45, 2.75) is 126 Å². The van der Waals surface area contributed by atoms with Crippen LogP contribution in [0.15, 0.2) is 59.7 Å². The molecule has 7 amide bonds. The standard InChI is InChI=1S/C46H69N13O13/c1-23(53-39(65)31(11-6-7-17-47)55-44(70)37(25(3)62)59-40(66)32(12-8-18-51-46(49)50)54-43(69)36(48)24(2)61)38(64)56-33(19-26-13-15-28(63)16-14-26)41(67)57-34(42(68)58-35(22-60)45(71)72)20-27-21-52-30-10-5-4-9-29(27)30/h4-5,9-10,13-16,21,23-25,31-37,52,60-63H,6-8,11-12,17-20,22,47-48H2,1-3H3,(H,53,65)(H,54,69)(H,55,70)(H,56,64)(H,57,67)(H,58,68)(H,59,66)(H,71,72)(H4,49,50,51)/t23-,24+,25+,31-,32-,33-,34-,35-,36-,37-/m0/s1. The topological polar surface area (TPSA) is 454 Å². The molecule has 0 saturated carbocycles. The first-order chi connectivity index (χ1) is 34.1. The third-order valence-corrected chi connectivity index (χ3v) is 11.3. The molecular formula is C46H69N13O13. The number of aliphatic imine (C=N–C) groups is 1. The van der Waals surface area contributed by atoms with E-state index in [1.807, 2.05) is 0 Å². The number of guanidine groups is 1. The molecule has 0 aliphatic rings. The molecule has 3 aromatic rings. The van der Waals surface area contributed by atoms with Gasteiger partial charge in [-0.05, 0) is 88.7 Å². The molecule has 72 heavy (non-hydrogen) atoms. The van der Waals surface area contributed by atoms with E-state index in [0.29, 0.717) is 34.9 Å². The number of hydrogen-bond donors (Lipinski definition) is 17. The number of carboxylic acid groups (broad SMARTS) is 1. The van der Waals surface area contributed by atoms with E-state index in [9.17, 15) is 63.9 Å². The Morgan fingerprint density at radius 1 is 0.639 bits per heavy atom. The summed E-state index contributed by atoms with van der Waals surface area (Å²) < 4.78 is 0. The Balaban J connectivity index is 1.86. The number of amides is 7. The van der Waals surface area contributed by atoms with Crippen molar-refractivity contribution >= 4 is 64.2 Å². The number of H-pyrrole nitrogens is 1. The van der Waals surface area contributed by atoms with Gasteiger partial charge >= 0.3 is 5.97 Å². The van der Waals surface area contributed by atoms with Crippen LogP contribution in [-0.2, 0) is 51.2 Å². The first kappa shape index (κ1) is 58.9. The molecule has 0 aliphatic carbocycles. The molecule has 0 unspecified atom stereocenters. The molecule has 0 fully saturated rings. The van der Waals surface area contributed by atoms with Gasteiger partial charge in [-0.2, -0.15) is 0 Å². The Labute approximate surface area is 414 Å². The Kier molecular flexibility index (Phi) is 23.8. The number of aromatic amines is 1. The van der Waals surface area contributed by atoms with Gasteiger partial charge in [0.25, 0.3) is 0 Å². The van der Waals surface area contributed by atoms with E-state index >= 15 is 0 Å². The lowest BCUT2D eigenvalue weighted by molar-refractivity contribution is -0.143. The van der Waals surface area contributed by atoms with Crippen LogP contribution in [-0.4, -0.2) is 164 Å². The minimum absolute atomic E-state index is 0.0327. The Morgan fingerprint density at radius 3 is 1.76 bits per heavy atom. The van der Waals surface area contributed by atoms with E-state index in [4.69, 9.17) is 22.9 Å². The number of aromatic nitrogens is 1. The number of phenols is 1. The molecule has 0 aliphatic heterocycles. The van der Waals surface area contributed by atoms with Crippen LogP contribution in [0, 0.1) is 0 Å². The van der Waals surface area contributed by atoms with Gasteiger partial charge in [0.05, 0.1) is 18.8 Å². The fourth-order valence-electron chi connectivity index (χ4n) is 7.15. The summed E-state index contributed by atoms with van der Waals surface area (Å²) in [5.74, 6) is -8.37. The molecule has 396 valence electrons. The number of aliphatic hydroxyl groups excluding tert-OH is 3. The number of benzene rings is 2. The maximum Gasteiger partial charge on any atom is 0.328 e. The SMILES string of the molecule is C[C@H](NC(=O)[C@H](CCCCN)NC(=O)[C@@H](NC(=O)[C@H](CCCN=C(N)N)NC(=O)[C@@H](N)[C@@H](C)O)[C@@H](C)O)C(=O)N[C@@H](Cc1ccc(O)cc1)C(=O)N[C@@H](Cc1c[nH]c2ccccc12)C(=O)N[C@@H](CO)C(=O)O. The first-order valence-electron chi connectivity index (χ1n) is 23.2. The summed E-state index contributed by atoms with van der Waals surface area (Å²) in [4.78, 5) is 115. The molecule has 1 heterocycles. The zero-order chi connectivity index (χ0) is 53.7. The van der Waals surface area contributed by atoms with Gasteiger partial charge in [-0.25, -0.2) is 4.79 Å². The van der Waals surface area contributed by atoms with Gasteiger partial charge in [0.1, 0.15) is 54.1 Å². The number of para-hydroxylation sites is 1. The zero-order valence-corrected chi connectivity index (χ0v) is 40.3. The molecule has 1 aromatic heterocycles. The lowest BCUT2D eigenvalue weighted by Gasteiger charge is -2.28. The number of aromatic hydroxyl groups is 1. The lowest BCUT2D eigenvalue weighted by Crippen LogP contribution is -2.61. The minimum atomic E-state index is -1.72. The van der Waals surface area contributed by atoms with Gasteiger partial charge in [0.15, 0.2) is 5.96 Å². The molecule has 10 atom stereocenters. The number of rotatable bonds is 30. The third kappa shape index (κ3) is 18.7. The Hall–Kier alpha value is -7.39. The van der Waals surface area contributed by atoms with Crippen LogP contribution >= 0.6 is 0 Å². The van der Waals surface area contributed by atoms with Gasteiger partial charge in [0.2, 0.25) is 41.4 Å². The van der Waals surface area contributed by atoms with Crippen LogP contribution in [0.1, 0.15) is 64.0 Å². The number of fused-ring (bicyclic) bond motifs is 1. The van der Waals surface area contributed by atoms with Gasteiger partial charge in [-0.3, -0.25) is 38.6 Å². The number of nitrogens with zero attached hydrogens (tertiary/aromatic N) is 1. The molecule has 2 aromatic carbocycles. The molecule has 26 heteroatoms. The van der Waals surface area contributed by atoms with E-state index < -0.39 is 114 Å². The van der Waals surface area contributed by atoms with E-state index in [1.165, 1.54) is 45.0 Å². The average molecular weight is 1010 g/mol. The van der Waals surface area contributed by atoms with Crippen LogP contribution in [0.2, 0.25) is 0 Å². The van der Waals surface area contributed by atoms with Crippen LogP contribution in [0.3, 0.4) is 0 Å². The Morgan fingerprint density at radius 2 is 1.18 bits per heavy atom. The normalized spacial score (nSPS) is 15.3. The largest absolute Gasteiger partial charge is 0.508 e. The highest BCUT2D eigenvalue weighted by atomic mass is 16.4. The smallest absolute Gasteiger partial charge is 0.328 e. The van der Waals surface area contributed by atoms with Crippen LogP contribution in [0.5, 0.6) is 5.75 Å². The molecule has 26 nitrogen and oxygen atoms in total. The number of phenolic OH excluding ortho intramolecular Hbond substituents is 1. The highest BCUT2D eigenvalue weighted by Crippen LogP contribution is 2.20. The van der Waals surface area contributed by atoms with Gasteiger partial charge < -0.3 is 90.7 Å². The quantitative estimate of drug-likeness (QED) is 0.0170. The van der Waals surface area contributed by atoms with Crippen molar-refractivity contribution in [3.8, 4) is 5.75 Å². The van der Waals surface area contributed by atoms with Crippen LogP contribution in [0.4, 0.5) is 0 Å². The summed E-state index contributed by atoms with van der Waals surface area (Å²) >= 11 is 0. The lowest BCUT2D eigenvalue weighted by atomic mass is 10.0. The van der Waals surface area contributed by atoms with Crippen molar-refractivity contribution < 1.29 is 63.9 Å². The molecule has 0 saturated heterocycles. The fraction of sp³-hybridized carbons (Fsp3) is 0.500. The maximum absolute atomic E-state index is 14.2. The summed E-state index contributed by atoms with van der Waals surface area (Å²) in [5, 5.41) is 67.5. The highest BCUT2D eigenvalue weighted by molar-refractivity contribution is 5.98. The second-order valence-corrected chi connectivity index (χ2v) is 17.2. The number of carbonyl (C=O) groups is 8. The summed E-state index contributed by atoms with van der Waals surface area (Å²) in [5.41, 5.74) is 23.9. The predicted molar refractivity (Wildman–Crippen MR) is 262 cm³/mol. The van der Waals surface area contributed by atoms with E-state index in [2.05, 4.69) is 47.2 Å². The third-order valence-electron chi connectivity index (χ3n) is 11.3. The van der Waals surface area contributed by atoms with Crippen molar-refractivity contribution in [2.24, 2.45) is 27.9 Å². The number of aliphatic hydroxyl groups is 3. The molecule has 0 spiro atoms. The van der Waals surface area contributed by atoms with E-state index in [1.54, 1.807) is 30.5 Å². The average Bonchev–Trinajstić information content (AvgIpc) is 3.74. The second-order valence-electron chi connectivity index (χ2n) is 17.2. The maximum atomic E-state index is 14.2. The summed E-state index contributed by atoms with van der Waals surface area (Å²) in [6.07, 6.45) is -0.871.